The van der Waals surface area contributed by atoms with E-state index < -0.39 is 12.5 Å². The third-order valence-corrected chi connectivity index (χ3v) is 4.95. The van der Waals surface area contributed by atoms with E-state index in [0.29, 0.717) is 52.4 Å². The van der Waals surface area contributed by atoms with E-state index in [4.69, 9.17) is 14.2 Å². The number of aromatic nitrogens is 1. The molecule has 1 amide bonds. The molecule has 0 fully saturated rings. The van der Waals surface area contributed by atoms with Gasteiger partial charge in [-0.1, -0.05) is 12.1 Å². The summed E-state index contributed by atoms with van der Waals surface area (Å²) in [6.45, 7) is -2.18. The number of rotatable bonds is 6. The summed E-state index contributed by atoms with van der Waals surface area (Å²) in [5, 5.41) is 4.64. The van der Waals surface area contributed by atoms with Crippen molar-refractivity contribution in [3.8, 4) is 34.3 Å². The minimum Gasteiger partial charge on any atom is -0.493 e. The first-order valence-corrected chi connectivity index (χ1v) is 9.72. The normalized spacial score (nSPS) is 12.5. The molecule has 2 heterocycles. The van der Waals surface area contributed by atoms with Crippen LogP contribution in [-0.2, 0) is 0 Å². The molecule has 0 atom stereocenters. The largest absolute Gasteiger partial charge is 0.493 e. The SMILES string of the molecule is COc1cc(C(=O)Nc2nc(-c3ccccc3OC(F)F)cs2)cc2c1OCCO2. The fraction of sp³-hybridized carbons (Fsp3) is 0.200. The first-order chi connectivity index (χ1) is 14.5. The number of nitrogens with one attached hydrogen (secondary N) is 1. The Kier molecular flexibility index (Phi) is 5.66. The summed E-state index contributed by atoms with van der Waals surface area (Å²) in [6, 6.07) is 9.43. The molecule has 1 aromatic heterocycles. The fourth-order valence-electron chi connectivity index (χ4n) is 2.91. The fourth-order valence-corrected chi connectivity index (χ4v) is 3.61. The number of carbonyl (C=O) groups is 1. The molecule has 0 unspecified atom stereocenters. The number of hydrogen-bond acceptors (Lipinski definition) is 7. The van der Waals surface area contributed by atoms with Crippen molar-refractivity contribution in [1.29, 1.82) is 0 Å². The molecule has 0 spiro atoms. The Bertz CT molecular complexity index is 1060. The molecule has 1 aliphatic rings. The molecule has 1 N–H and O–H groups in total. The van der Waals surface area contributed by atoms with Crippen molar-refractivity contribution < 1.29 is 32.5 Å². The molecule has 7 nitrogen and oxygen atoms in total. The van der Waals surface area contributed by atoms with E-state index in [-0.39, 0.29) is 5.75 Å². The number of halogens is 2. The van der Waals surface area contributed by atoms with Crippen molar-refractivity contribution in [2.75, 3.05) is 25.6 Å². The molecule has 0 saturated heterocycles. The van der Waals surface area contributed by atoms with Crippen LogP contribution in [0, 0.1) is 0 Å². The highest BCUT2D eigenvalue weighted by atomic mass is 32.1. The smallest absolute Gasteiger partial charge is 0.387 e. The molecular formula is C20H16F2N2O5S. The van der Waals surface area contributed by atoms with Crippen LogP contribution in [-0.4, -0.2) is 37.8 Å². The topological polar surface area (TPSA) is 78.9 Å². The molecule has 156 valence electrons. The van der Waals surface area contributed by atoms with Crippen molar-refractivity contribution in [3.63, 3.8) is 0 Å². The van der Waals surface area contributed by atoms with Gasteiger partial charge in [0.05, 0.1) is 12.8 Å². The summed E-state index contributed by atoms with van der Waals surface area (Å²) < 4.78 is 46.2. The van der Waals surface area contributed by atoms with Crippen molar-refractivity contribution >= 4 is 22.4 Å². The highest BCUT2D eigenvalue weighted by molar-refractivity contribution is 7.14. The number of amides is 1. The Hall–Kier alpha value is -3.40. The standard InChI is InChI=1S/C20H16F2N2O5S/c1-26-15-8-11(9-16-17(15)28-7-6-27-16)18(25)24-20-23-13(10-30-20)12-4-2-3-5-14(12)29-19(21)22/h2-5,8-10,19H,6-7H2,1H3,(H,23,24,25). The summed E-state index contributed by atoms with van der Waals surface area (Å²) in [7, 11) is 1.47. The molecule has 30 heavy (non-hydrogen) atoms. The molecule has 0 aliphatic carbocycles. The second-order valence-corrected chi connectivity index (χ2v) is 6.93. The molecule has 2 aromatic carbocycles. The number of ether oxygens (including phenoxy) is 4. The Labute approximate surface area is 174 Å². The van der Waals surface area contributed by atoms with Gasteiger partial charge in [0, 0.05) is 16.5 Å². The number of carbonyl (C=O) groups excluding carboxylic acids is 1. The highest BCUT2D eigenvalue weighted by Crippen LogP contribution is 2.40. The van der Waals surface area contributed by atoms with Gasteiger partial charge in [-0.3, -0.25) is 10.1 Å². The second kappa shape index (κ2) is 8.54. The van der Waals surface area contributed by atoms with Crippen LogP contribution in [0.3, 0.4) is 0 Å². The number of thiazole rings is 1. The van der Waals surface area contributed by atoms with E-state index in [0.717, 1.165) is 11.3 Å². The van der Waals surface area contributed by atoms with Gasteiger partial charge >= 0.3 is 6.61 Å². The maximum atomic E-state index is 12.7. The van der Waals surface area contributed by atoms with Gasteiger partial charge in [0.25, 0.3) is 5.91 Å². The van der Waals surface area contributed by atoms with Gasteiger partial charge in [0.1, 0.15) is 19.0 Å². The lowest BCUT2D eigenvalue weighted by molar-refractivity contribution is -0.0494. The Morgan fingerprint density at radius 2 is 2.00 bits per heavy atom. The average Bonchev–Trinajstić information content (AvgIpc) is 3.21. The third-order valence-electron chi connectivity index (χ3n) is 4.19. The number of methoxy groups -OCH3 is 1. The van der Waals surface area contributed by atoms with Crippen LogP contribution in [0.25, 0.3) is 11.3 Å². The third kappa shape index (κ3) is 4.13. The Morgan fingerprint density at radius 1 is 1.20 bits per heavy atom. The molecule has 4 rings (SSSR count). The van der Waals surface area contributed by atoms with E-state index >= 15 is 0 Å². The molecule has 0 radical (unpaired) electrons. The van der Waals surface area contributed by atoms with Crippen LogP contribution < -0.4 is 24.3 Å². The van der Waals surface area contributed by atoms with Crippen LogP contribution in [0.4, 0.5) is 13.9 Å². The summed E-state index contributed by atoms with van der Waals surface area (Å²) >= 11 is 1.16. The minimum absolute atomic E-state index is 0.00671. The quantitative estimate of drug-likeness (QED) is 0.618. The van der Waals surface area contributed by atoms with Gasteiger partial charge in [-0.15, -0.1) is 11.3 Å². The van der Waals surface area contributed by atoms with Gasteiger partial charge in [0.2, 0.25) is 5.75 Å². The first kappa shape index (κ1) is 19.9. The van der Waals surface area contributed by atoms with Crippen molar-refractivity contribution in [1.82, 2.24) is 4.98 Å². The summed E-state index contributed by atoms with van der Waals surface area (Å²) in [5.74, 6) is 0.835. The van der Waals surface area contributed by atoms with E-state index in [1.807, 2.05) is 0 Å². The maximum Gasteiger partial charge on any atom is 0.387 e. The second-order valence-electron chi connectivity index (χ2n) is 6.07. The van der Waals surface area contributed by atoms with Crippen LogP contribution >= 0.6 is 11.3 Å². The van der Waals surface area contributed by atoms with Gasteiger partial charge in [-0.2, -0.15) is 8.78 Å². The number of anilines is 1. The predicted molar refractivity (Wildman–Crippen MR) is 106 cm³/mol. The molecule has 0 saturated carbocycles. The lowest BCUT2D eigenvalue weighted by atomic mass is 10.1. The van der Waals surface area contributed by atoms with Gasteiger partial charge < -0.3 is 18.9 Å². The number of fused-ring (bicyclic) bond motifs is 1. The average molecular weight is 434 g/mol. The number of benzene rings is 2. The summed E-state index contributed by atoms with van der Waals surface area (Å²) in [5.41, 5.74) is 1.11. The van der Waals surface area contributed by atoms with Crippen LogP contribution in [0.5, 0.6) is 23.0 Å². The Morgan fingerprint density at radius 3 is 2.80 bits per heavy atom. The van der Waals surface area contributed by atoms with E-state index in [9.17, 15) is 13.6 Å². The monoisotopic (exact) mass is 434 g/mol. The molecule has 0 bridgehead atoms. The molecule has 1 aliphatic heterocycles. The van der Waals surface area contributed by atoms with Crippen molar-refractivity contribution in [2.45, 2.75) is 6.61 Å². The van der Waals surface area contributed by atoms with E-state index in [1.165, 1.54) is 13.2 Å². The van der Waals surface area contributed by atoms with Crippen molar-refractivity contribution in [3.05, 3.63) is 47.3 Å². The molecular weight excluding hydrogens is 418 g/mol. The zero-order valence-corrected chi connectivity index (χ0v) is 16.5. The van der Waals surface area contributed by atoms with Gasteiger partial charge in [-0.25, -0.2) is 4.98 Å². The maximum absolute atomic E-state index is 12.7. The number of para-hydroxylation sites is 1. The van der Waals surface area contributed by atoms with Crippen LogP contribution in [0.2, 0.25) is 0 Å². The van der Waals surface area contributed by atoms with Gasteiger partial charge in [-0.05, 0) is 24.3 Å². The van der Waals surface area contributed by atoms with Crippen molar-refractivity contribution in [2.24, 2.45) is 0 Å². The minimum atomic E-state index is -2.95. The number of hydrogen-bond donors (Lipinski definition) is 1. The zero-order valence-electron chi connectivity index (χ0n) is 15.7. The van der Waals surface area contributed by atoms with E-state index in [1.54, 1.807) is 35.7 Å². The predicted octanol–water partition coefficient (Wildman–Crippen LogP) is 4.44. The summed E-state index contributed by atoms with van der Waals surface area (Å²) in [4.78, 5) is 17.0. The van der Waals surface area contributed by atoms with Crippen LogP contribution in [0.15, 0.2) is 41.8 Å². The Balaban J connectivity index is 1.56. The lowest BCUT2D eigenvalue weighted by Crippen LogP contribution is -2.18. The zero-order chi connectivity index (χ0) is 21.1. The highest BCUT2D eigenvalue weighted by Gasteiger charge is 2.22. The molecule has 3 aromatic rings. The first-order valence-electron chi connectivity index (χ1n) is 8.84. The number of alkyl halides is 2. The lowest BCUT2D eigenvalue weighted by Gasteiger charge is -2.21. The number of nitrogens with zero attached hydrogens (tertiary/aromatic N) is 1. The summed E-state index contributed by atoms with van der Waals surface area (Å²) in [6.07, 6.45) is 0. The van der Waals surface area contributed by atoms with E-state index in [2.05, 4.69) is 15.0 Å². The molecule has 10 heteroatoms. The van der Waals surface area contributed by atoms with Gasteiger partial charge in [0.15, 0.2) is 16.6 Å². The van der Waals surface area contributed by atoms with Crippen LogP contribution in [0.1, 0.15) is 10.4 Å².